The van der Waals surface area contributed by atoms with Crippen molar-refractivity contribution in [2.45, 2.75) is 12.2 Å². The third kappa shape index (κ3) is 7.81. The van der Waals surface area contributed by atoms with Crippen LogP contribution in [0.15, 0.2) is 48.5 Å². The van der Waals surface area contributed by atoms with Gasteiger partial charge in [-0.05, 0) is 70.7 Å². The number of hydrogen-bond donors (Lipinski definition) is 1. The van der Waals surface area contributed by atoms with Crippen LogP contribution in [-0.2, 0) is 20.6 Å². The molecule has 0 heterocycles. The van der Waals surface area contributed by atoms with Gasteiger partial charge in [0.05, 0.1) is 11.9 Å². The maximum atomic E-state index is 12.2. The van der Waals surface area contributed by atoms with Crippen LogP contribution in [0.5, 0.6) is 0 Å². The maximum absolute atomic E-state index is 12.2. The summed E-state index contributed by atoms with van der Waals surface area (Å²) in [6, 6.07) is 14.7. The standard InChI is InChI=1S/C19H22ClIN2O3S2/c1-28(25,26)23(17-9-7-16(21)8-10-17)13-19(24)22-11-4-12-27-14-15-5-2-3-6-18(15)20/h2-3,5-10H,4,11-14H2,1H3,(H,22,24). The lowest BCUT2D eigenvalue weighted by molar-refractivity contribution is -0.119. The van der Waals surface area contributed by atoms with Crippen LogP contribution >= 0.6 is 46.0 Å². The number of anilines is 1. The van der Waals surface area contributed by atoms with Gasteiger partial charge in [0.15, 0.2) is 0 Å². The smallest absolute Gasteiger partial charge is 0.240 e. The van der Waals surface area contributed by atoms with E-state index in [4.69, 9.17) is 11.6 Å². The Bertz CT molecular complexity index is 892. The Labute approximate surface area is 189 Å². The first-order valence-electron chi connectivity index (χ1n) is 8.58. The van der Waals surface area contributed by atoms with E-state index in [9.17, 15) is 13.2 Å². The van der Waals surface area contributed by atoms with Crippen molar-refractivity contribution in [3.05, 3.63) is 62.7 Å². The summed E-state index contributed by atoms with van der Waals surface area (Å²) in [5, 5.41) is 3.55. The molecule has 0 aliphatic carbocycles. The number of carbonyl (C=O) groups is 1. The molecule has 2 aromatic carbocycles. The summed E-state index contributed by atoms with van der Waals surface area (Å²) in [7, 11) is -3.55. The topological polar surface area (TPSA) is 66.5 Å². The van der Waals surface area contributed by atoms with E-state index in [1.165, 1.54) is 0 Å². The van der Waals surface area contributed by atoms with Gasteiger partial charge in [-0.2, -0.15) is 11.8 Å². The van der Waals surface area contributed by atoms with Crippen LogP contribution < -0.4 is 9.62 Å². The average Bonchev–Trinajstić information content (AvgIpc) is 2.64. The Morgan fingerprint density at radius 3 is 2.50 bits per heavy atom. The third-order valence-corrected chi connectivity index (χ3v) is 7.13. The molecule has 5 nitrogen and oxygen atoms in total. The molecular formula is C19H22ClIN2O3S2. The quantitative estimate of drug-likeness (QED) is 0.355. The summed E-state index contributed by atoms with van der Waals surface area (Å²) in [6.45, 7) is 0.269. The number of carbonyl (C=O) groups excluding carboxylic acids is 1. The molecule has 2 aromatic rings. The SMILES string of the molecule is CS(=O)(=O)N(CC(=O)NCCCSCc1ccccc1Cl)c1ccc(I)cc1. The van der Waals surface area contributed by atoms with Crippen LogP contribution in [0.4, 0.5) is 5.69 Å². The Kier molecular flexibility index (Phi) is 9.39. The number of nitrogens with zero attached hydrogens (tertiary/aromatic N) is 1. The van der Waals surface area contributed by atoms with Gasteiger partial charge >= 0.3 is 0 Å². The van der Waals surface area contributed by atoms with Crippen LogP contribution in [0.2, 0.25) is 5.02 Å². The summed E-state index contributed by atoms with van der Waals surface area (Å²) in [5.74, 6) is 1.38. The molecule has 0 spiro atoms. The van der Waals surface area contributed by atoms with Crippen molar-refractivity contribution in [2.75, 3.05) is 29.4 Å². The highest BCUT2D eigenvalue weighted by Crippen LogP contribution is 2.21. The van der Waals surface area contributed by atoms with Crippen molar-refractivity contribution in [1.82, 2.24) is 5.32 Å². The fraction of sp³-hybridized carbons (Fsp3) is 0.316. The molecule has 0 aromatic heterocycles. The Balaban J connectivity index is 1.75. The van der Waals surface area contributed by atoms with Gasteiger partial charge in [0.25, 0.3) is 0 Å². The minimum Gasteiger partial charge on any atom is -0.354 e. The lowest BCUT2D eigenvalue weighted by Gasteiger charge is -2.22. The molecule has 0 aliphatic rings. The van der Waals surface area contributed by atoms with Crippen molar-refractivity contribution in [1.29, 1.82) is 0 Å². The summed E-state index contributed by atoms with van der Waals surface area (Å²) in [6.07, 6.45) is 1.90. The fourth-order valence-corrected chi connectivity index (χ4v) is 4.86. The highest BCUT2D eigenvalue weighted by molar-refractivity contribution is 14.1. The van der Waals surface area contributed by atoms with Crippen molar-refractivity contribution in [3.63, 3.8) is 0 Å². The largest absolute Gasteiger partial charge is 0.354 e. The lowest BCUT2D eigenvalue weighted by Crippen LogP contribution is -2.40. The van der Waals surface area contributed by atoms with E-state index in [0.29, 0.717) is 12.2 Å². The van der Waals surface area contributed by atoms with Gasteiger partial charge in [-0.1, -0.05) is 29.8 Å². The Morgan fingerprint density at radius 1 is 1.18 bits per heavy atom. The number of thioether (sulfide) groups is 1. The van der Waals surface area contributed by atoms with Crippen molar-refractivity contribution >= 4 is 67.6 Å². The van der Waals surface area contributed by atoms with Crippen LogP contribution in [-0.4, -0.2) is 39.4 Å². The van der Waals surface area contributed by atoms with Gasteiger partial charge in [-0.3, -0.25) is 9.10 Å². The minimum atomic E-state index is -3.55. The zero-order valence-corrected chi connectivity index (χ0v) is 19.9. The van der Waals surface area contributed by atoms with E-state index in [-0.39, 0.29) is 12.5 Å². The van der Waals surface area contributed by atoms with E-state index in [0.717, 1.165) is 42.6 Å². The molecule has 0 saturated heterocycles. The first kappa shape index (κ1) is 23.3. The van der Waals surface area contributed by atoms with Gasteiger partial charge in [0.1, 0.15) is 6.54 Å². The molecule has 152 valence electrons. The van der Waals surface area contributed by atoms with Gasteiger partial charge in [0.2, 0.25) is 15.9 Å². The number of nitrogens with one attached hydrogen (secondary N) is 1. The molecule has 0 aliphatic heterocycles. The molecule has 1 amide bonds. The number of benzene rings is 2. The maximum Gasteiger partial charge on any atom is 0.240 e. The third-order valence-electron chi connectivity index (χ3n) is 3.81. The molecule has 0 bridgehead atoms. The van der Waals surface area contributed by atoms with E-state index in [1.807, 2.05) is 36.4 Å². The molecule has 0 fully saturated rings. The molecule has 2 rings (SSSR count). The fourth-order valence-electron chi connectivity index (χ4n) is 2.39. The summed E-state index contributed by atoms with van der Waals surface area (Å²) >= 11 is 10.0. The average molecular weight is 553 g/mol. The Hall–Kier alpha value is -0.970. The molecule has 0 atom stereocenters. The number of sulfonamides is 1. The second kappa shape index (κ2) is 11.3. The predicted octanol–water partition coefficient (Wildman–Crippen LogP) is 4.15. The molecular weight excluding hydrogens is 531 g/mol. The van der Waals surface area contributed by atoms with E-state index < -0.39 is 10.0 Å². The van der Waals surface area contributed by atoms with E-state index in [2.05, 4.69) is 27.9 Å². The number of halogens is 2. The number of hydrogen-bond acceptors (Lipinski definition) is 4. The minimum absolute atomic E-state index is 0.230. The molecule has 1 N–H and O–H groups in total. The van der Waals surface area contributed by atoms with Gasteiger partial charge < -0.3 is 5.32 Å². The summed E-state index contributed by atoms with van der Waals surface area (Å²) in [5.41, 5.74) is 1.58. The highest BCUT2D eigenvalue weighted by Gasteiger charge is 2.20. The second-order valence-electron chi connectivity index (χ2n) is 6.09. The van der Waals surface area contributed by atoms with Crippen molar-refractivity contribution in [3.8, 4) is 0 Å². The molecule has 0 unspecified atom stereocenters. The van der Waals surface area contributed by atoms with Gasteiger partial charge in [-0.15, -0.1) is 0 Å². The first-order chi connectivity index (χ1) is 13.3. The lowest BCUT2D eigenvalue weighted by atomic mass is 10.2. The number of amides is 1. The molecule has 0 radical (unpaired) electrons. The number of rotatable bonds is 10. The zero-order valence-electron chi connectivity index (χ0n) is 15.4. The summed E-state index contributed by atoms with van der Waals surface area (Å²) in [4.78, 5) is 12.2. The first-order valence-corrected chi connectivity index (χ1v) is 13.0. The van der Waals surface area contributed by atoms with Crippen LogP contribution in [0.1, 0.15) is 12.0 Å². The predicted molar refractivity (Wildman–Crippen MR) is 127 cm³/mol. The van der Waals surface area contributed by atoms with Crippen LogP contribution in [0, 0.1) is 3.57 Å². The monoisotopic (exact) mass is 552 g/mol. The van der Waals surface area contributed by atoms with Crippen LogP contribution in [0.25, 0.3) is 0 Å². The molecule has 9 heteroatoms. The Morgan fingerprint density at radius 2 is 1.86 bits per heavy atom. The molecule has 0 saturated carbocycles. The summed E-state index contributed by atoms with van der Waals surface area (Å²) < 4.78 is 26.2. The normalized spacial score (nSPS) is 11.2. The second-order valence-corrected chi connectivity index (χ2v) is 10.8. The van der Waals surface area contributed by atoms with E-state index in [1.54, 1.807) is 23.9 Å². The van der Waals surface area contributed by atoms with Crippen LogP contribution in [0.3, 0.4) is 0 Å². The van der Waals surface area contributed by atoms with Crippen molar-refractivity contribution < 1.29 is 13.2 Å². The van der Waals surface area contributed by atoms with Gasteiger partial charge in [0, 0.05) is 20.9 Å². The zero-order chi connectivity index (χ0) is 20.6. The highest BCUT2D eigenvalue weighted by atomic mass is 127. The van der Waals surface area contributed by atoms with E-state index >= 15 is 0 Å². The van der Waals surface area contributed by atoms with Gasteiger partial charge in [-0.25, -0.2) is 8.42 Å². The molecule has 28 heavy (non-hydrogen) atoms. The van der Waals surface area contributed by atoms with Crippen molar-refractivity contribution in [2.24, 2.45) is 0 Å².